The summed E-state index contributed by atoms with van der Waals surface area (Å²) in [6.45, 7) is 2.37. The predicted molar refractivity (Wildman–Crippen MR) is 90.9 cm³/mol. The first kappa shape index (κ1) is 15.7. The molecule has 0 N–H and O–H groups in total. The van der Waals surface area contributed by atoms with Crippen LogP contribution in [0.4, 0.5) is 0 Å². The van der Waals surface area contributed by atoms with Crippen molar-refractivity contribution in [2.24, 2.45) is 0 Å². The van der Waals surface area contributed by atoms with Gasteiger partial charge < -0.3 is 9.80 Å². The predicted octanol–water partition coefficient (Wildman–Crippen LogP) is 2.27. The quantitative estimate of drug-likeness (QED) is 0.869. The molecule has 1 aliphatic heterocycles. The van der Waals surface area contributed by atoms with Gasteiger partial charge >= 0.3 is 0 Å². The molecular formula is C19H23N3O. The number of aromatic nitrogens is 1. The first-order chi connectivity index (χ1) is 11.1. The molecule has 0 saturated heterocycles. The number of carbonyl (C=O) groups is 1. The van der Waals surface area contributed by atoms with Crippen molar-refractivity contribution >= 4 is 5.91 Å². The average Bonchev–Trinajstić information content (AvgIpc) is 2.55. The lowest BCUT2D eigenvalue weighted by atomic mass is 9.96. The monoisotopic (exact) mass is 309 g/mol. The normalized spacial score (nSPS) is 14.0. The van der Waals surface area contributed by atoms with Crippen LogP contribution in [0.15, 0.2) is 42.7 Å². The van der Waals surface area contributed by atoms with Gasteiger partial charge in [-0.05, 0) is 42.8 Å². The maximum absolute atomic E-state index is 12.5. The first-order valence-electron chi connectivity index (χ1n) is 8.04. The summed E-state index contributed by atoms with van der Waals surface area (Å²) in [4.78, 5) is 21.0. The van der Waals surface area contributed by atoms with Crippen molar-refractivity contribution in [2.75, 3.05) is 20.6 Å². The molecule has 1 aromatic carbocycles. The summed E-state index contributed by atoms with van der Waals surface area (Å²) < 4.78 is 0. The summed E-state index contributed by atoms with van der Waals surface area (Å²) in [7, 11) is 4.13. The molecule has 0 radical (unpaired) electrons. The summed E-state index contributed by atoms with van der Waals surface area (Å²) in [5, 5.41) is 0. The van der Waals surface area contributed by atoms with E-state index in [1.165, 1.54) is 16.7 Å². The molecule has 2 heterocycles. The molecule has 0 bridgehead atoms. The van der Waals surface area contributed by atoms with Crippen molar-refractivity contribution in [3.05, 3.63) is 65.0 Å². The summed E-state index contributed by atoms with van der Waals surface area (Å²) in [6.07, 6.45) is 5.26. The van der Waals surface area contributed by atoms with Gasteiger partial charge in [-0.25, -0.2) is 0 Å². The number of rotatable bonds is 4. The van der Waals surface area contributed by atoms with Crippen LogP contribution in [0.1, 0.15) is 22.3 Å². The molecule has 4 heteroatoms. The average molecular weight is 309 g/mol. The highest BCUT2D eigenvalue weighted by atomic mass is 16.2. The third-order valence-corrected chi connectivity index (χ3v) is 4.27. The van der Waals surface area contributed by atoms with Crippen molar-refractivity contribution in [1.82, 2.24) is 14.8 Å². The molecule has 1 aromatic heterocycles. The van der Waals surface area contributed by atoms with E-state index in [0.29, 0.717) is 13.0 Å². The van der Waals surface area contributed by atoms with Gasteiger partial charge in [0.2, 0.25) is 5.91 Å². The van der Waals surface area contributed by atoms with Crippen LogP contribution in [-0.2, 0) is 30.7 Å². The number of hydrogen-bond donors (Lipinski definition) is 0. The summed E-state index contributed by atoms with van der Waals surface area (Å²) in [6, 6.07) is 9.94. The lowest BCUT2D eigenvalue weighted by Gasteiger charge is -2.30. The Labute approximate surface area is 137 Å². The van der Waals surface area contributed by atoms with E-state index in [1.807, 2.05) is 47.6 Å². The van der Waals surface area contributed by atoms with Gasteiger partial charge in [0.25, 0.3) is 0 Å². The van der Waals surface area contributed by atoms with E-state index in [9.17, 15) is 4.79 Å². The van der Waals surface area contributed by atoms with Gasteiger partial charge in [0, 0.05) is 32.0 Å². The van der Waals surface area contributed by atoms with Gasteiger partial charge in [-0.3, -0.25) is 9.78 Å². The Bertz CT molecular complexity index is 682. The van der Waals surface area contributed by atoms with Crippen LogP contribution in [0.3, 0.4) is 0 Å². The SMILES string of the molecule is CN(C)Cc1cncc2c1CCN(C(=O)Cc1ccccc1)C2. The zero-order valence-corrected chi connectivity index (χ0v) is 13.8. The van der Waals surface area contributed by atoms with Gasteiger partial charge in [-0.2, -0.15) is 0 Å². The molecule has 0 atom stereocenters. The molecule has 23 heavy (non-hydrogen) atoms. The first-order valence-corrected chi connectivity index (χ1v) is 8.04. The van der Waals surface area contributed by atoms with Gasteiger partial charge in [-0.1, -0.05) is 30.3 Å². The van der Waals surface area contributed by atoms with Crippen molar-refractivity contribution in [3.8, 4) is 0 Å². The highest BCUT2D eigenvalue weighted by Crippen LogP contribution is 2.23. The Hall–Kier alpha value is -2.20. The van der Waals surface area contributed by atoms with Gasteiger partial charge in [-0.15, -0.1) is 0 Å². The largest absolute Gasteiger partial charge is 0.338 e. The maximum atomic E-state index is 12.5. The fraction of sp³-hybridized carbons (Fsp3) is 0.368. The van der Waals surface area contributed by atoms with Crippen LogP contribution in [0.25, 0.3) is 0 Å². The molecule has 0 fully saturated rings. The second-order valence-corrected chi connectivity index (χ2v) is 6.40. The zero-order chi connectivity index (χ0) is 16.2. The lowest BCUT2D eigenvalue weighted by molar-refractivity contribution is -0.131. The zero-order valence-electron chi connectivity index (χ0n) is 13.8. The second-order valence-electron chi connectivity index (χ2n) is 6.40. The number of nitrogens with zero attached hydrogens (tertiary/aromatic N) is 3. The molecule has 4 nitrogen and oxygen atoms in total. The number of fused-ring (bicyclic) bond motifs is 1. The number of benzene rings is 1. The van der Waals surface area contributed by atoms with Crippen LogP contribution < -0.4 is 0 Å². The van der Waals surface area contributed by atoms with E-state index in [0.717, 1.165) is 25.1 Å². The van der Waals surface area contributed by atoms with E-state index in [-0.39, 0.29) is 5.91 Å². The molecule has 0 unspecified atom stereocenters. The molecular weight excluding hydrogens is 286 g/mol. The van der Waals surface area contributed by atoms with E-state index in [2.05, 4.69) is 24.0 Å². The molecule has 3 rings (SSSR count). The molecule has 0 aliphatic carbocycles. The number of carbonyl (C=O) groups excluding carboxylic acids is 1. The van der Waals surface area contributed by atoms with Crippen LogP contribution in [0.5, 0.6) is 0 Å². The molecule has 0 saturated carbocycles. The van der Waals surface area contributed by atoms with Crippen molar-refractivity contribution in [2.45, 2.75) is 25.9 Å². The molecule has 120 valence electrons. The van der Waals surface area contributed by atoms with Crippen LogP contribution >= 0.6 is 0 Å². The Morgan fingerprint density at radius 1 is 1.22 bits per heavy atom. The van der Waals surface area contributed by atoms with Crippen molar-refractivity contribution in [1.29, 1.82) is 0 Å². The highest BCUT2D eigenvalue weighted by molar-refractivity contribution is 5.79. The fourth-order valence-corrected chi connectivity index (χ4v) is 3.14. The lowest BCUT2D eigenvalue weighted by Crippen LogP contribution is -2.37. The Kier molecular flexibility index (Phi) is 4.72. The minimum absolute atomic E-state index is 0.194. The number of pyridine rings is 1. The topological polar surface area (TPSA) is 36.4 Å². The van der Waals surface area contributed by atoms with Gasteiger partial charge in [0.15, 0.2) is 0 Å². The van der Waals surface area contributed by atoms with Crippen molar-refractivity contribution < 1.29 is 4.79 Å². The fourth-order valence-electron chi connectivity index (χ4n) is 3.14. The maximum Gasteiger partial charge on any atom is 0.227 e. The summed E-state index contributed by atoms with van der Waals surface area (Å²) >= 11 is 0. The van der Waals surface area contributed by atoms with Gasteiger partial charge in [0.1, 0.15) is 0 Å². The van der Waals surface area contributed by atoms with E-state index in [4.69, 9.17) is 0 Å². The minimum Gasteiger partial charge on any atom is -0.338 e. The van der Waals surface area contributed by atoms with E-state index >= 15 is 0 Å². The molecule has 1 amide bonds. The summed E-state index contributed by atoms with van der Waals surface area (Å²) in [5.74, 6) is 0.194. The third kappa shape index (κ3) is 3.77. The number of amides is 1. The third-order valence-electron chi connectivity index (χ3n) is 4.27. The van der Waals surface area contributed by atoms with Gasteiger partial charge in [0.05, 0.1) is 6.42 Å². The second kappa shape index (κ2) is 6.92. The number of hydrogen-bond acceptors (Lipinski definition) is 3. The smallest absolute Gasteiger partial charge is 0.227 e. The standard InChI is InChI=1S/C19H23N3O/c1-21(2)13-16-11-20-12-17-14-22(9-8-18(16)17)19(23)10-15-6-4-3-5-7-15/h3-7,11-12H,8-10,13-14H2,1-2H3. The van der Waals surface area contributed by atoms with Crippen LogP contribution in [0, 0.1) is 0 Å². The Morgan fingerprint density at radius 3 is 2.74 bits per heavy atom. The minimum atomic E-state index is 0.194. The van der Waals surface area contributed by atoms with Crippen LogP contribution in [-0.4, -0.2) is 41.3 Å². The Morgan fingerprint density at radius 2 is 2.00 bits per heavy atom. The van der Waals surface area contributed by atoms with Crippen molar-refractivity contribution in [3.63, 3.8) is 0 Å². The Balaban J connectivity index is 1.72. The van der Waals surface area contributed by atoms with E-state index in [1.54, 1.807) is 0 Å². The van der Waals surface area contributed by atoms with E-state index < -0.39 is 0 Å². The summed E-state index contributed by atoms with van der Waals surface area (Å²) in [5.41, 5.74) is 4.92. The molecule has 1 aliphatic rings. The van der Waals surface area contributed by atoms with Crippen LogP contribution in [0.2, 0.25) is 0 Å². The highest BCUT2D eigenvalue weighted by Gasteiger charge is 2.22. The molecule has 2 aromatic rings. The molecule has 0 spiro atoms.